The van der Waals surface area contributed by atoms with Gasteiger partial charge in [-0.2, -0.15) is 0 Å². The van der Waals surface area contributed by atoms with Crippen molar-refractivity contribution < 1.29 is 13.2 Å². The fourth-order valence-electron chi connectivity index (χ4n) is 3.59. The van der Waals surface area contributed by atoms with Gasteiger partial charge in [0.15, 0.2) is 15.6 Å². The van der Waals surface area contributed by atoms with Gasteiger partial charge in [-0.3, -0.25) is 4.79 Å². The maximum atomic E-state index is 13.2. The summed E-state index contributed by atoms with van der Waals surface area (Å²) in [7, 11) is -3.74. The van der Waals surface area contributed by atoms with Crippen LogP contribution in [0.3, 0.4) is 0 Å². The molecule has 0 amide bonds. The molecule has 0 radical (unpaired) electrons. The molecule has 1 aliphatic rings. The third-order valence-electron chi connectivity index (χ3n) is 5.07. The van der Waals surface area contributed by atoms with Gasteiger partial charge in [0.1, 0.15) is 5.25 Å². The molecule has 0 aliphatic heterocycles. The second-order valence-corrected chi connectivity index (χ2v) is 9.96. The molecule has 1 aliphatic carbocycles. The Morgan fingerprint density at radius 1 is 0.885 bits per heavy atom. The van der Waals surface area contributed by atoms with Crippen LogP contribution in [0.2, 0.25) is 0 Å². The first-order valence-electron chi connectivity index (χ1n) is 8.80. The average Bonchev–Trinajstić information content (AvgIpc) is 2.61. The van der Waals surface area contributed by atoms with Gasteiger partial charge in [0.25, 0.3) is 0 Å². The first-order valence-corrected chi connectivity index (χ1v) is 10.3. The van der Waals surface area contributed by atoms with Crippen LogP contribution in [0, 0.1) is 11.3 Å². The molecule has 0 spiro atoms. The van der Waals surface area contributed by atoms with Crippen LogP contribution in [0.1, 0.15) is 32.8 Å². The van der Waals surface area contributed by atoms with Crippen molar-refractivity contribution in [2.45, 2.75) is 37.3 Å². The minimum absolute atomic E-state index is 0.212. The standard InChI is InChI=1S/C22H24O3S/c1-22(2,3)19-14-17(16-10-6-4-7-11-16)15-20(23)21(19)26(24,25)18-12-8-5-9-13-18/h4-13,15,19,21H,14H2,1-3H3/t19-,21+/m1/s1. The molecule has 4 heteroatoms. The monoisotopic (exact) mass is 368 g/mol. The number of carbonyl (C=O) groups is 1. The largest absolute Gasteiger partial charge is 0.293 e. The van der Waals surface area contributed by atoms with Crippen LogP contribution in [0.25, 0.3) is 5.57 Å². The van der Waals surface area contributed by atoms with Crippen LogP contribution in [-0.2, 0) is 14.6 Å². The zero-order chi connectivity index (χ0) is 18.9. The highest BCUT2D eigenvalue weighted by Gasteiger charge is 2.47. The van der Waals surface area contributed by atoms with E-state index in [2.05, 4.69) is 0 Å². The summed E-state index contributed by atoms with van der Waals surface area (Å²) < 4.78 is 26.5. The summed E-state index contributed by atoms with van der Waals surface area (Å²) >= 11 is 0. The smallest absolute Gasteiger partial charge is 0.188 e. The van der Waals surface area contributed by atoms with Crippen LogP contribution in [0.15, 0.2) is 71.6 Å². The first kappa shape index (κ1) is 18.6. The van der Waals surface area contributed by atoms with E-state index < -0.39 is 15.1 Å². The number of benzene rings is 2. The number of rotatable bonds is 3. The van der Waals surface area contributed by atoms with E-state index in [1.165, 1.54) is 6.08 Å². The van der Waals surface area contributed by atoms with Crippen molar-refractivity contribution in [3.05, 3.63) is 72.3 Å². The van der Waals surface area contributed by atoms with Crippen molar-refractivity contribution in [2.75, 3.05) is 0 Å². The number of ketones is 1. The summed E-state index contributed by atoms with van der Waals surface area (Å²) in [5.41, 5.74) is 1.57. The predicted octanol–water partition coefficient (Wildman–Crippen LogP) is 4.55. The summed E-state index contributed by atoms with van der Waals surface area (Å²) in [6.07, 6.45) is 2.10. The molecular formula is C22H24O3S. The van der Waals surface area contributed by atoms with Gasteiger partial charge in [-0.05, 0) is 47.1 Å². The lowest BCUT2D eigenvalue weighted by molar-refractivity contribution is -0.116. The second-order valence-electron chi connectivity index (χ2n) is 7.89. The Balaban J connectivity index is 2.10. The lowest BCUT2D eigenvalue weighted by Gasteiger charge is -2.39. The lowest BCUT2D eigenvalue weighted by atomic mass is 9.71. The van der Waals surface area contributed by atoms with Crippen molar-refractivity contribution in [3.63, 3.8) is 0 Å². The first-order chi connectivity index (χ1) is 12.2. The van der Waals surface area contributed by atoms with Crippen molar-refractivity contribution in [1.82, 2.24) is 0 Å². The Morgan fingerprint density at radius 3 is 1.96 bits per heavy atom. The molecule has 2 aromatic carbocycles. The van der Waals surface area contributed by atoms with Crippen molar-refractivity contribution in [3.8, 4) is 0 Å². The third kappa shape index (κ3) is 3.51. The van der Waals surface area contributed by atoms with Gasteiger partial charge < -0.3 is 0 Å². The van der Waals surface area contributed by atoms with E-state index >= 15 is 0 Å². The van der Waals surface area contributed by atoms with Gasteiger partial charge in [0.05, 0.1) is 4.90 Å². The molecular weight excluding hydrogens is 344 g/mol. The topological polar surface area (TPSA) is 51.2 Å². The molecule has 0 fully saturated rings. The van der Waals surface area contributed by atoms with Crippen LogP contribution >= 0.6 is 0 Å². The number of allylic oxidation sites excluding steroid dienone is 2. The molecule has 26 heavy (non-hydrogen) atoms. The minimum atomic E-state index is -3.74. The quantitative estimate of drug-likeness (QED) is 0.799. The summed E-state index contributed by atoms with van der Waals surface area (Å²) in [6, 6.07) is 18.0. The Morgan fingerprint density at radius 2 is 1.42 bits per heavy atom. The highest BCUT2D eigenvalue weighted by atomic mass is 32.2. The van der Waals surface area contributed by atoms with E-state index in [1.54, 1.807) is 30.3 Å². The van der Waals surface area contributed by atoms with Gasteiger partial charge in [-0.1, -0.05) is 69.3 Å². The normalized spacial score (nSPS) is 21.3. The van der Waals surface area contributed by atoms with Crippen molar-refractivity contribution >= 4 is 21.2 Å². The minimum Gasteiger partial charge on any atom is -0.293 e. The highest BCUT2D eigenvalue weighted by molar-refractivity contribution is 7.92. The summed E-state index contributed by atoms with van der Waals surface area (Å²) in [4.78, 5) is 13.2. The van der Waals surface area contributed by atoms with Crippen LogP contribution < -0.4 is 0 Å². The summed E-state index contributed by atoms with van der Waals surface area (Å²) in [5.74, 6) is -0.612. The number of carbonyl (C=O) groups excluding carboxylic acids is 1. The fourth-order valence-corrected chi connectivity index (χ4v) is 5.74. The number of hydrogen-bond acceptors (Lipinski definition) is 3. The molecule has 0 saturated carbocycles. The molecule has 0 bridgehead atoms. The molecule has 3 nitrogen and oxygen atoms in total. The molecule has 0 N–H and O–H groups in total. The number of hydrogen-bond donors (Lipinski definition) is 0. The second kappa shape index (κ2) is 6.84. The van der Waals surface area contributed by atoms with Gasteiger partial charge in [-0.25, -0.2) is 8.42 Å². The summed E-state index contributed by atoms with van der Waals surface area (Å²) in [5, 5.41) is -1.04. The fraction of sp³-hybridized carbons (Fsp3) is 0.318. The summed E-state index contributed by atoms with van der Waals surface area (Å²) in [6.45, 7) is 6.02. The predicted molar refractivity (Wildman–Crippen MR) is 104 cm³/mol. The Bertz CT molecular complexity index is 920. The van der Waals surface area contributed by atoms with Crippen LogP contribution in [-0.4, -0.2) is 19.5 Å². The molecule has 2 atom stereocenters. The van der Waals surface area contributed by atoms with E-state index in [4.69, 9.17) is 0 Å². The molecule has 0 aromatic heterocycles. The zero-order valence-electron chi connectivity index (χ0n) is 15.3. The van der Waals surface area contributed by atoms with Gasteiger partial charge in [0, 0.05) is 0 Å². The van der Waals surface area contributed by atoms with Crippen molar-refractivity contribution in [2.24, 2.45) is 11.3 Å². The molecule has 3 rings (SSSR count). The van der Waals surface area contributed by atoms with E-state index in [1.807, 2.05) is 51.1 Å². The van der Waals surface area contributed by atoms with Crippen molar-refractivity contribution in [1.29, 1.82) is 0 Å². The SMILES string of the molecule is CC(C)(C)[C@@H]1CC(c2ccccc2)=CC(=O)[C@H]1S(=O)(=O)c1ccccc1. The number of sulfone groups is 1. The van der Waals surface area contributed by atoms with Gasteiger partial charge >= 0.3 is 0 Å². The highest BCUT2D eigenvalue weighted by Crippen LogP contribution is 2.43. The lowest BCUT2D eigenvalue weighted by Crippen LogP contribution is -2.45. The maximum Gasteiger partial charge on any atom is 0.188 e. The maximum absolute atomic E-state index is 13.2. The molecule has 0 heterocycles. The van der Waals surface area contributed by atoms with E-state index in [0.29, 0.717) is 6.42 Å². The average molecular weight is 368 g/mol. The van der Waals surface area contributed by atoms with Gasteiger partial charge in [0.2, 0.25) is 0 Å². The van der Waals surface area contributed by atoms with Gasteiger partial charge in [-0.15, -0.1) is 0 Å². The Labute approximate surface area is 155 Å². The molecule has 0 unspecified atom stereocenters. The van der Waals surface area contributed by atoms with E-state index in [0.717, 1.165) is 11.1 Å². The molecule has 2 aromatic rings. The van der Waals surface area contributed by atoms with Crippen LogP contribution in [0.5, 0.6) is 0 Å². The third-order valence-corrected chi connectivity index (χ3v) is 7.22. The Hall–Kier alpha value is -2.20. The van der Waals surface area contributed by atoms with E-state index in [-0.39, 0.29) is 22.0 Å². The van der Waals surface area contributed by atoms with E-state index in [9.17, 15) is 13.2 Å². The zero-order valence-corrected chi connectivity index (χ0v) is 16.2. The molecule has 136 valence electrons. The molecule has 0 saturated heterocycles. The Kier molecular flexibility index (Phi) is 4.89. The van der Waals surface area contributed by atoms with Crippen LogP contribution in [0.4, 0.5) is 0 Å².